The average molecular weight is 276 g/mol. The first-order chi connectivity index (χ1) is 10.2. The van der Waals surface area contributed by atoms with Crippen molar-refractivity contribution in [2.75, 3.05) is 0 Å². The molecule has 0 aliphatic carbocycles. The number of rotatable bonds is 4. The van der Waals surface area contributed by atoms with Crippen molar-refractivity contribution in [3.63, 3.8) is 0 Å². The molecule has 0 aliphatic rings. The predicted molar refractivity (Wildman–Crippen MR) is 89.2 cm³/mol. The summed E-state index contributed by atoms with van der Waals surface area (Å²) in [7, 11) is 0. The summed E-state index contributed by atoms with van der Waals surface area (Å²) in [5, 5.41) is 5.87. The fraction of sp³-hybridized carbons (Fsp3) is 0.211. The second-order valence-electron chi connectivity index (χ2n) is 5.63. The lowest BCUT2D eigenvalue weighted by atomic mass is 9.99. The van der Waals surface area contributed by atoms with E-state index in [1.165, 1.54) is 27.5 Å². The van der Waals surface area contributed by atoms with E-state index < -0.39 is 0 Å². The van der Waals surface area contributed by atoms with Crippen LogP contribution in [0.3, 0.4) is 0 Å². The van der Waals surface area contributed by atoms with Crippen LogP contribution in [0.4, 0.5) is 0 Å². The lowest BCUT2D eigenvalue weighted by Crippen LogP contribution is -2.21. The summed E-state index contributed by atoms with van der Waals surface area (Å²) in [6.07, 6.45) is 3.78. The molecule has 0 atom stereocenters. The molecule has 0 fully saturated rings. The summed E-state index contributed by atoms with van der Waals surface area (Å²) in [5.74, 6) is 0. The van der Waals surface area contributed by atoms with Crippen molar-refractivity contribution >= 4 is 10.8 Å². The van der Waals surface area contributed by atoms with Gasteiger partial charge in [-0.3, -0.25) is 4.98 Å². The molecule has 2 aromatic carbocycles. The molecule has 2 heteroatoms. The topological polar surface area (TPSA) is 24.9 Å². The smallest absolute Gasteiger partial charge is 0.0352 e. The molecule has 3 rings (SSSR count). The highest BCUT2D eigenvalue weighted by atomic mass is 14.9. The van der Waals surface area contributed by atoms with Crippen molar-refractivity contribution < 1.29 is 0 Å². The zero-order valence-corrected chi connectivity index (χ0v) is 12.5. The molecular weight excluding hydrogens is 256 g/mol. The molecule has 0 unspecified atom stereocenters. The quantitative estimate of drug-likeness (QED) is 0.764. The molecule has 0 bridgehead atoms. The second-order valence-corrected chi connectivity index (χ2v) is 5.63. The van der Waals surface area contributed by atoms with Gasteiger partial charge in [-0.25, -0.2) is 0 Å². The van der Waals surface area contributed by atoms with Crippen molar-refractivity contribution in [1.29, 1.82) is 0 Å². The molecule has 2 nitrogen and oxygen atoms in total. The van der Waals surface area contributed by atoms with Crippen molar-refractivity contribution in [2.45, 2.75) is 26.4 Å². The van der Waals surface area contributed by atoms with Gasteiger partial charge in [-0.1, -0.05) is 56.3 Å². The second kappa shape index (κ2) is 6.06. The summed E-state index contributed by atoms with van der Waals surface area (Å²) >= 11 is 0. The Morgan fingerprint density at radius 2 is 1.81 bits per heavy atom. The molecular formula is C19H20N2. The minimum atomic E-state index is 0.508. The number of hydrogen-bond acceptors (Lipinski definition) is 2. The highest BCUT2D eigenvalue weighted by molar-refractivity contribution is 5.95. The van der Waals surface area contributed by atoms with E-state index in [1.54, 1.807) is 0 Å². The molecule has 0 saturated carbocycles. The Kier molecular flexibility index (Phi) is 3.98. The van der Waals surface area contributed by atoms with E-state index >= 15 is 0 Å². The Balaban J connectivity index is 1.92. The molecule has 0 aliphatic heterocycles. The zero-order valence-electron chi connectivity index (χ0n) is 12.5. The summed E-state index contributed by atoms with van der Waals surface area (Å²) in [4.78, 5) is 4.26. The highest BCUT2D eigenvalue weighted by Gasteiger charge is 2.04. The SMILES string of the molecule is CC(C)NCc1ccc(-c2cccc3ccncc23)cc1. The standard InChI is InChI=1S/C19H20N2/c1-14(2)21-12-15-6-8-17(9-7-15)18-5-3-4-16-10-11-20-13-19(16)18/h3-11,13-14,21H,12H2,1-2H3. The number of benzene rings is 2. The van der Waals surface area contributed by atoms with Gasteiger partial charge in [-0.15, -0.1) is 0 Å². The van der Waals surface area contributed by atoms with Gasteiger partial charge in [0.15, 0.2) is 0 Å². The van der Waals surface area contributed by atoms with Crippen LogP contribution in [0.25, 0.3) is 21.9 Å². The fourth-order valence-corrected chi connectivity index (χ4v) is 2.49. The van der Waals surface area contributed by atoms with E-state index in [4.69, 9.17) is 0 Å². The summed E-state index contributed by atoms with van der Waals surface area (Å²) in [6, 6.07) is 17.7. The van der Waals surface area contributed by atoms with Crippen LogP contribution in [0, 0.1) is 0 Å². The molecule has 21 heavy (non-hydrogen) atoms. The number of aromatic nitrogens is 1. The maximum atomic E-state index is 4.26. The van der Waals surface area contributed by atoms with Crippen LogP contribution < -0.4 is 5.32 Å². The number of nitrogens with zero attached hydrogens (tertiary/aromatic N) is 1. The monoisotopic (exact) mass is 276 g/mol. The largest absolute Gasteiger partial charge is 0.310 e. The van der Waals surface area contributed by atoms with E-state index in [0.29, 0.717) is 6.04 Å². The third-order valence-corrected chi connectivity index (χ3v) is 3.66. The normalized spacial score (nSPS) is 11.2. The Morgan fingerprint density at radius 1 is 1.00 bits per heavy atom. The maximum absolute atomic E-state index is 4.26. The van der Waals surface area contributed by atoms with E-state index in [2.05, 4.69) is 72.7 Å². The summed E-state index contributed by atoms with van der Waals surface area (Å²) in [6.45, 7) is 5.24. The van der Waals surface area contributed by atoms with Gasteiger partial charge >= 0.3 is 0 Å². The van der Waals surface area contributed by atoms with Crippen LogP contribution >= 0.6 is 0 Å². The number of nitrogens with one attached hydrogen (secondary N) is 1. The van der Waals surface area contributed by atoms with Gasteiger partial charge < -0.3 is 5.32 Å². The van der Waals surface area contributed by atoms with Gasteiger partial charge in [0.1, 0.15) is 0 Å². The fourth-order valence-electron chi connectivity index (χ4n) is 2.49. The molecule has 0 spiro atoms. The van der Waals surface area contributed by atoms with Crippen LogP contribution in [0.15, 0.2) is 60.9 Å². The van der Waals surface area contributed by atoms with Crippen LogP contribution in [-0.4, -0.2) is 11.0 Å². The Morgan fingerprint density at radius 3 is 2.57 bits per heavy atom. The van der Waals surface area contributed by atoms with Gasteiger partial charge in [0.05, 0.1) is 0 Å². The molecule has 3 aromatic rings. The first-order valence-electron chi connectivity index (χ1n) is 7.39. The van der Waals surface area contributed by atoms with Crippen molar-refractivity contribution in [3.8, 4) is 11.1 Å². The van der Waals surface area contributed by atoms with Crippen LogP contribution in [-0.2, 0) is 6.54 Å². The van der Waals surface area contributed by atoms with Crippen LogP contribution in [0.2, 0.25) is 0 Å². The van der Waals surface area contributed by atoms with Crippen molar-refractivity contribution in [3.05, 3.63) is 66.5 Å². The number of fused-ring (bicyclic) bond motifs is 1. The van der Waals surface area contributed by atoms with E-state index in [0.717, 1.165) is 6.54 Å². The first-order valence-corrected chi connectivity index (χ1v) is 7.39. The van der Waals surface area contributed by atoms with Crippen LogP contribution in [0.5, 0.6) is 0 Å². The molecule has 1 aromatic heterocycles. The molecule has 1 heterocycles. The highest BCUT2D eigenvalue weighted by Crippen LogP contribution is 2.28. The Labute approximate surface area is 125 Å². The average Bonchev–Trinajstić information content (AvgIpc) is 2.53. The van der Waals surface area contributed by atoms with Crippen LogP contribution in [0.1, 0.15) is 19.4 Å². The molecule has 0 amide bonds. The molecule has 0 radical (unpaired) electrons. The van der Waals surface area contributed by atoms with E-state index in [-0.39, 0.29) is 0 Å². The van der Waals surface area contributed by atoms with Gasteiger partial charge in [-0.2, -0.15) is 0 Å². The maximum Gasteiger partial charge on any atom is 0.0352 e. The number of hydrogen-bond donors (Lipinski definition) is 1. The van der Waals surface area contributed by atoms with Crippen molar-refractivity contribution in [1.82, 2.24) is 10.3 Å². The molecule has 1 N–H and O–H groups in total. The third-order valence-electron chi connectivity index (χ3n) is 3.66. The molecule has 0 saturated heterocycles. The predicted octanol–water partition coefficient (Wildman–Crippen LogP) is 4.40. The lowest BCUT2D eigenvalue weighted by molar-refractivity contribution is 0.589. The zero-order chi connectivity index (χ0) is 14.7. The van der Waals surface area contributed by atoms with E-state index in [9.17, 15) is 0 Å². The minimum absolute atomic E-state index is 0.508. The van der Waals surface area contributed by atoms with E-state index in [1.807, 2.05) is 12.4 Å². The molecule has 106 valence electrons. The third kappa shape index (κ3) is 3.11. The lowest BCUT2D eigenvalue weighted by Gasteiger charge is -2.10. The first kappa shape index (κ1) is 13.8. The minimum Gasteiger partial charge on any atom is -0.310 e. The number of pyridine rings is 1. The van der Waals surface area contributed by atoms with Gasteiger partial charge in [0.25, 0.3) is 0 Å². The Bertz CT molecular complexity index is 725. The Hall–Kier alpha value is -2.19. The van der Waals surface area contributed by atoms with Gasteiger partial charge in [0, 0.05) is 30.4 Å². The van der Waals surface area contributed by atoms with Gasteiger partial charge in [-0.05, 0) is 28.1 Å². The van der Waals surface area contributed by atoms with Crippen molar-refractivity contribution in [2.24, 2.45) is 0 Å². The summed E-state index contributed by atoms with van der Waals surface area (Å²) in [5.41, 5.74) is 3.79. The summed E-state index contributed by atoms with van der Waals surface area (Å²) < 4.78 is 0. The van der Waals surface area contributed by atoms with Gasteiger partial charge in [0.2, 0.25) is 0 Å².